The van der Waals surface area contributed by atoms with E-state index in [2.05, 4.69) is 5.32 Å². The van der Waals surface area contributed by atoms with E-state index in [0.29, 0.717) is 18.5 Å². The molecule has 0 fully saturated rings. The molecule has 0 radical (unpaired) electrons. The fourth-order valence-corrected chi connectivity index (χ4v) is 2.66. The van der Waals surface area contributed by atoms with Gasteiger partial charge in [0.15, 0.2) is 0 Å². The van der Waals surface area contributed by atoms with Crippen LogP contribution < -0.4 is 10.2 Å². The van der Waals surface area contributed by atoms with Crippen molar-refractivity contribution in [2.45, 2.75) is 25.9 Å². The van der Waals surface area contributed by atoms with Crippen molar-refractivity contribution in [3.8, 4) is 0 Å². The highest BCUT2D eigenvalue weighted by molar-refractivity contribution is 6.27. The molecule has 0 bridgehead atoms. The predicted octanol–water partition coefficient (Wildman–Crippen LogP) is 3.75. The second kappa shape index (κ2) is 8.69. The molecule has 2 rings (SSSR count). The van der Waals surface area contributed by atoms with Gasteiger partial charge in [0.05, 0.1) is 0 Å². The normalized spacial score (nSPS) is 11.8. The molecule has 2 aromatic rings. The molecule has 0 aliphatic heterocycles. The first-order valence-corrected chi connectivity index (χ1v) is 8.42. The lowest BCUT2D eigenvalue weighted by Crippen LogP contribution is -2.35. The second-order valence-corrected chi connectivity index (χ2v) is 6.19. The van der Waals surface area contributed by atoms with Gasteiger partial charge < -0.3 is 10.2 Å². The Balaban J connectivity index is 2.02. The van der Waals surface area contributed by atoms with Crippen LogP contribution in [0.2, 0.25) is 0 Å². The smallest absolute Gasteiger partial charge is 0.235 e. The highest BCUT2D eigenvalue weighted by Gasteiger charge is 2.12. The number of halogens is 2. The zero-order chi connectivity index (χ0) is 17.5. The van der Waals surface area contributed by atoms with Crippen LogP contribution in [-0.4, -0.2) is 24.9 Å². The van der Waals surface area contributed by atoms with Gasteiger partial charge in [0.1, 0.15) is 11.7 Å². The van der Waals surface area contributed by atoms with Crippen LogP contribution in [0, 0.1) is 5.82 Å². The maximum atomic E-state index is 14.4. The molecule has 0 spiro atoms. The first kappa shape index (κ1) is 18.3. The number of nitrogens with zero attached hydrogens (tertiary/aromatic N) is 1. The zero-order valence-electron chi connectivity index (χ0n) is 13.9. The molecule has 24 heavy (non-hydrogen) atoms. The second-order valence-electron chi connectivity index (χ2n) is 5.92. The Morgan fingerprint density at radius 1 is 1.25 bits per heavy atom. The van der Waals surface area contributed by atoms with E-state index >= 15 is 0 Å². The minimum absolute atomic E-state index is 0.0873. The van der Waals surface area contributed by atoms with Crippen molar-refractivity contribution in [2.75, 3.05) is 17.8 Å². The number of carbonyl (C=O) groups is 1. The highest BCUT2D eigenvalue weighted by Crippen LogP contribution is 2.20. The van der Waals surface area contributed by atoms with Crippen LogP contribution in [0.4, 0.5) is 10.1 Å². The molecule has 0 heterocycles. The average Bonchev–Trinajstić information content (AvgIpc) is 2.57. The number of benzene rings is 2. The molecule has 0 aliphatic rings. The minimum atomic E-state index is -0.264. The van der Waals surface area contributed by atoms with Crippen molar-refractivity contribution in [1.29, 1.82) is 0 Å². The van der Waals surface area contributed by atoms with Crippen LogP contribution >= 0.6 is 11.6 Å². The van der Waals surface area contributed by atoms with Crippen LogP contribution in [-0.2, 0) is 17.8 Å². The molecule has 1 amide bonds. The first-order valence-electron chi connectivity index (χ1n) is 7.88. The molecule has 1 atom stereocenters. The van der Waals surface area contributed by atoms with Gasteiger partial charge in [0.25, 0.3) is 0 Å². The lowest BCUT2D eigenvalue weighted by atomic mass is 10.1. The standard InChI is InChI=1S/C19H22ClFN2O/c1-14(22-19(24)12-20)10-16-8-9-17(11-18(16)21)23(2)13-15-6-4-3-5-7-15/h3-9,11,14H,10,12-13H2,1-2H3,(H,22,24). The Labute approximate surface area is 147 Å². The van der Waals surface area contributed by atoms with Gasteiger partial charge in [-0.2, -0.15) is 0 Å². The van der Waals surface area contributed by atoms with E-state index in [4.69, 9.17) is 11.6 Å². The molecule has 0 aromatic heterocycles. The molecule has 0 saturated heterocycles. The fourth-order valence-electron chi connectivity index (χ4n) is 2.58. The number of nitrogens with one attached hydrogen (secondary N) is 1. The Morgan fingerprint density at radius 2 is 1.96 bits per heavy atom. The third-order valence-corrected chi connectivity index (χ3v) is 4.04. The van der Waals surface area contributed by atoms with Crippen LogP contribution in [0.5, 0.6) is 0 Å². The van der Waals surface area contributed by atoms with E-state index in [1.165, 1.54) is 11.6 Å². The maximum absolute atomic E-state index is 14.4. The Kier molecular flexibility index (Phi) is 6.62. The predicted molar refractivity (Wildman–Crippen MR) is 97.0 cm³/mol. The van der Waals surface area contributed by atoms with Crippen molar-refractivity contribution in [1.82, 2.24) is 5.32 Å². The summed E-state index contributed by atoms with van der Waals surface area (Å²) in [6.45, 7) is 2.54. The van der Waals surface area contributed by atoms with Crippen LogP contribution in [0.15, 0.2) is 48.5 Å². The van der Waals surface area contributed by atoms with Crippen molar-refractivity contribution in [3.05, 3.63) is 65.5 Å². The molecule has 1 unspecified atom stereocenters. The number of hydrogen-bond acceptors (Lipinski definition) is 2. The number of rotatable bonds is 7. The fraction of sp³-hybridized carbons (Fsp3) is 0.316. The van der Waals surface area contributed by atoms with Crippen molar-refractivity contribution in [2.24, 2.45) is 0 Å². The number of amides is 1. The van der Waals surface area contributed by atoms with E-state index in [1.54, 1.807) is 6.07 Å². The monoisotopic (exact) mass is 348 g/mol. The van der Waals surface area contributed by atoms with Gasteiger partial charge in [-0.3, -0.25) is 4.79 Å². The Bertz CT molecular complexity index is 678. The molecule has 2 aromatic carbocycles. The lowest BCUT2D eigenvalue weighted by molar-refractivity contribution is -0.119. The minimum Gasteiger partial charge on any atom is -0.370 e. The van der Waals surface area contributed by atoms with Crippen molar-refractivity contribution >= 4 is 23.2 Å². The summed E-state index contributed by atoms with van der Waals surface area (Å²) in [5.74, 6) is -0.598. The molecule has 1 N–H and O–H groups in total. The Hall–Kier alpha value is -2.07. The SMILES string of the molecule is CC(Cc1ccc(N(C)Cc2ccccc2)cc1F)NC(=O)CCl. The van der Waals surface area contributed by atoms with Crippen LogP contribution in [0.1, 0.15) is 18.1 Å². The van der Waals surface area contributed by atoms with Crippen LogP contribution in [0.25, 0.3) is 0 Å². The van der Waals surface area contributed by atoms with E-state index in [0.717, 1.165) is 5.69 Å². The summed E-state index contributed by atoms with van der Waals surface area (Å²) in [6, 6.07) is 15.1. The summed E-state index contributed by atoms with van der Waals surface area (Å²) in [7, 11) is 1.94. The molecule has 0 saturated carbocycles. The van der Waals surface area contributed by atoms with E-state index < -0.39 is 0 Å². The van der Waals surface area contributed by atoms with Crippen molar-refractivity contribution < 1.29 is 9.18 Å². The summed E-state index contributed by atoms with van der Waals surface area (Å²) >= 11 is 5.46. The Morgan fingerprint density at radius 3 is 2.58 bits per heavy atom. The number of hydrogen-bond donors (Lipinski definition) is 1. The third-order valence-electron chi connectivity index (χ3n) is 3.79. The molecular weight excluding hydrogens is 327 g/mol. The van der Waals surface area contributed by atoms with Gasteiger partial charge in [0.2, 0.25) is 5.91 Å². The van der Waals surface area contributed by atoms with Crippen LogP contribution in [0.3, 0.4) is 0 Å². The van der Waals surface area contributed by atoms with Gasteiger partial charge in [-0.1, -0.05) is 36.4 Å². The largest absolute Gasteiger partial charge is 0.370 e. The summed E-state index contributed by atoms with van der Waals surface area (Å²) in [5, 5.41) is 2.73. The van der Waals surface area contributed by atoms with Gasteiger partial charge in [-0.05, 0) is 36.6 Å². The summed E-state index contributed by atoms with van der Waals surface area (Å²) in [5.41, 5.74) is 2.56. The maximum Gasteiger partial charge on any atom is 0.235 e. The number of carbonyl (C=O) groups excluding carboxylic acids is 1. The number of alkyl halides is 1. The van der Waals surface area contributed by atoms with E-state index in [-0.39, 0.29) is 23.6 Å². The molecule has 0 aliphatic carbocycles. The molecule has 128 valence electrons. The summed E-state index contributed by atoms with van der Waals surface area (Å²) in [6.07, 6.45) is 0.428. The summed E-state index contributed by atoms with van der Waals surface area (Å²) < 4.78 is 14.4. The van der Waals surface area contributed by atoms with Crippen molar-refractivity contribution in [3.63, 3.8) is 0 Å². The molecule has 3 nitrogen and oxygen atoms in total. The van der Waals surface area contributed by atoms with Gasteiger partial charge in [0, 0.05) is 25.3 Å². The molecule has 5 heteroatoms. The van der Waals surface area contributed by atoms with E-state index in [9.17, 15) is 9.18 Å². The lowest BCUT2D eigenvalue weighted by Gasteiger charge is -2.21. The van der Waals surface area contributed by atoms with Gasteiger partial charge >= 0.3 is 0 Å². The first-order chi connectivity index (χ1) is 11.5. The summed E-state index contributed by atoms with van der Waals surface area (Å²) in [4.78, 5) is 13.3. The quantitative estimate of drug-likeness (QED) is 0.773. The topological polar surface area (TPSA) is 32.3 Å². The van der Waals surface area contributed by atoms with Gasteiger partial charge in [-0.15, -0.1) is 11.6 Å². The number of anilines is 1. The average molecular weight is 349 g/mol. The zero-order valence-corrected chi connectivity index (χ0v) is 14.7. The molecular formula is C19H22ClFN2O. The van der Waals surface area contributed by atoms with E-state index in [1.807, 2.05) is 55.3 Å². The highest BCUT2D eigenvalue weighted by atomic mass is 35.5. The van der Waals surface area contributed by atoms with Gasteiger partial charge in [-0.25, -0.2) is 4.39 Å². The third kappa shape index (κ3) is 5.24.